The van der Waals surface area contributed by atoms with Crippen LogP contribution in [0, 0.1) is 0 Å². The van der Waals surface area contributed by atoms with E-state index in [1.54, 1.807) is 0 Å². The van der Waals surface area contributed by atoms with Crippen LogP contribution in [0.2, 0.25) is 0 Å². The van der Waals surface area contributed by atoms with Gasteiger partial charge in [0.15, 0.2) is 0 Å². The SMILES string of the molecule is CCn1cc(CN2CCCN(CC(=O)O)CC2)cn1. The van der Waals surface area contributed by atoms with Crippen molar-refractivity contribution < 1.29 is 9.90 Å². The zero-order chi connectivity index (χ0) is 13.7. The number of hydrogen-bond acceptors (Lipinski definition) is 4. The summed E-state index contributed by atoms with van der Waals surface area (Å²) in [6.07, 6.45) is 5.03. The Morgan fingerprint density at radius 1 is 1.32 bits per heavy atom. The lowest BCUT2D eigenvalue weighted by atomic mass is 10.3. The Hall–Kier alpha value is -1.40. The van der Waals surface area contributed by atoms with Crippen LogP contribution in [0.3, 0.4) is 0 Å². The fourth-order valence-electron chi connectivity index (χ4n) is 2.45. The van der Waals surface area contributed by atoms with E-state index in [4.69, 9.17) is 5.11 Å². The molecule has 1 aliphatic heterocycles. The molecular formula is C13H22N4O2. The molecule has 0 saturated carbocycles. The summed E-state index contributed by atoms with van der Waals surface area (Å²) < 4.78 is 1.93. The molecule has 0 unspecified atom stereocenters. The molecule has 2 rings (SSSR count). The van der Waals surface area contributed by atoms with Gasteiger partial charge in [0.1, 0.15) is 0 Å². The third kappa shape index (κ3) is 4.33. The molecule has 106 valence electrons. The quantitative estimate of drug-likeness (QED) is 0.840. The van der Waals surface area contributed by atoms with Crippen LogP contribution in [0.25, 0.3) is 0 Å². The van der Waals surface area contributed by atoms with Gasteiger partial charge >= 0.3 is 5.97 Å². The van der Waals surface area contributed by atoms with Crippen LogP contribution in [0.15, 0.2) is 12.4 Å². The van der Waals surface area contributed by atoms with Crippen molar-refractivity contribution >= 4 is 5.97 Å². The lowest BCUT2D eigenvalue weighted by Crippen LogP contribution is -2.33. The highest BCUT2D eigenvalue weighted by atomic mass is 16.4. The molecule has 1 aromatic rings. The van der Waals surface area contributed by atoms with Crippen molar-refractivity contribution in [3.05, 3.63) is 18.0 Å². The Labute approximate surface area is 113 Å². The van der Waals surface area contributed by atoms with Crippen molar-refractivity contribution in [2.75, 3.05) is 32.7 Å². The van der Waals surface area contributed by atoms with E-state index in [0.29, 0.717) is 0 Å². The monoisotopic (exact) mass is 266 g/mol. The van der Waals surface area contributed by atoms with Gasteiger partial charge < -0.3 is 5.11 Å². The number of aliphatic carboxylic acids is 1. The number of carboxylic acid groups (broad SMARTS) is 1. The van der Waals surface area contributed by atoms with E-state index in [1.807, 2.05) is 15.8 Å². The molecule has 19 heavy (non-hydrogen) atoms. The highest BCUT2D eigenvalue weighted by Crippen LogP contribution is 2.08. The molecule has 1 N–H and O–H groups in total. The molecule has 0 spiro atoms. The number of nitrogens with zero attached hydrogens (tertiary/aromatic N) is 4. The number of aryl methyl sites for hydroxylation is 1. The predicted molar refractivity (Wildman–Crippen MR) is 71.9 cm³/mol. The van der Waals surface area contributed by atoms with Crippen LogP contribution < -0.4 is 0 Å². The first-order valence-corrected chi connectivity index (χ1v) is 6.85. The fourth-order valence-corrected chi connectivity index (χ4v) is 2.45. The summed E-state index contributed by atoms with van der Waals surface area (Å²) in [4.78, 5) is 15.1. The van der Waals surface area contributed by atoms with E-state index < -0.39 is 5.97 Å². The Bertz CT molecular complexity index is 419. The summed E-state index contributed by atoms with van der Waals surface area (Å²) in [5.74, 6) is -0.738. The van der Waals surface area contributed by atoms with E-state index in [-0.39, 0.29) is 6.54 Å². The topological polar surface area (TPSA) is 61.6 Å². The van der Waals surface area contributed by atoms with Crippen LogP contribution in [-0.2, 0) is 17.9 Å². The van der Waals surface area contributed by atoms with Crippen LogP contribution in [0.1, 0.15) is 18.9 Å². The lowest BCUT2D eigenvalue weighted by Gasteiger charge is -2.20. The second-order valence-corrected chi connectivity index (χ2v) is 5.00. The van der Waals surface area contributed by atoms with Crippen molar-refractivity contribution in [3.63, 3.8) is 0 Å². The van der Waals surface area contributed by atoms with Crippen LogP contribution in [0.5, 0.6) is 0 Å². The van der Waals surface area contributed by atoms with E-state index in [9.17, 15) is 4.79 Å². The van der Waals surface area contributed by atoms with Crippen molar-refractivity contribution in [2.24, 2.45) is 0 Å². The molecule has 0 aromatic carbocycles. The first kappa shape index (κ1) is 14.0. The largest absolute Gasteiger partial charge is 0.480 e. The molecule has 1 aliphatic rings. The summed E-state index contributed by atoms with van der Waals surface area (Å²) in [5.41, 5.74) is 1.23. The first-order valence-electron chi connectivity index (χ1n) is 6.85. The fraction of sp³-hybridized carbons (Fsp3) is 0.692. The number of hydrogen-bond donors (Lipinski definition) is 1. The van der Waals surface area contributed by atoms with Gasteiger partial charge in [-0.05, 0) is 19.9 Å². The highest BCUT2D eigenvalue weighted by Gasteiger charge is 2.17. The minimum absolute atomic E-state index is 0.154. The second kappa shape index (κ2) is 6.68. The average Bonchev–Trinajstić information content (AvgIpc) is 2.71. The molecule has 0 aliphatic carbocycles. The highest BCUT2D eigenvalue weighted by molar-refractivity contribution is 5.69. The van der Waals surface area contributed by atoms with Crippen molar-refractivity contribution in [3.8, 4) is 0 Å². The molecule has 0 bridgehead atoms. The number of carboxylic acids is 1. The van der Waals surface area contributed by atoms with Gasteiger partial charge in [0, 0.05) is 44.5 Å². The third-order valence-corrected chi connectivity index (χ3v) is 3.46. The summed E-state index contributed by atoms with van der Waals surface area (Å²) in [7, 11) is 0. The molecule has 1 saturated heterocycles. The maximum atomic E-state index is 10.7. The Morgan fingerprint density at radius 3 is 2.74 bits per heavy atom. The minimum atomic E-state index is -0.738. The van der Waals surface area contributed by atoms with Gasteiger partial charge in [-0.15, -0.1) is 0 Å². The van der Waals surface area contributed by atoms with E-state index in [1.165, 1.54) is 5.56 Å². The predicted octanol–water partition coefficient (Wildman–Crippen LogP) is 0.495. The number of aromatic nitrogens is 2. The van der Waals surface area contributed by atoms with Gasteiger partial charge in [-0.25, -0.2) is 0 Å². The lowest BCUT2D eigenvalue weighted by molar-refractivity contribution is -0.138. The zero-order valence-electron chi connectivity index (χ0n) is 11.5. The molecule has 0 radical (unpaired) electrons. The summed E-state index contributed by atoms with van der Waals surface area (Å²) in [6.45, 7) is 7.67. The van der Waals surface area contributed by atoms with Crippen LogP contribution in [0.4, 0.5) is 0 Å². The smallest absolute Gasteiger partial charge is 0.317 e. The number of carbonyl (C=O) groups is 1. The summed E-state index contributed by atoms with van der Waals surface area (Å²) in [5, 5.41) is 13.1. The van der Waals surface area contributed by atoms with E-state index >= 15 is 0 Å². The van der Waals surface area contributed by atoms with Gasteiger partial charge in [-0.1, -0.05) is 0 Å². The van der Waals surface area contributed by atoms with Gasteiger partial charge in [0.25, 0.3) is 0 Å². The van der Waals surface area contributed by atoms with Gasteiger partial charge in [-0.2, -0.15) is 5.10 Å². The Morgan fingerprint density at radius 2 is 2.05 bits per heavy atom. The van der Waals surface area contributed by atoms with Crippen molar-refractivity contribution in [2.45, 2.75) is 26.4 Å². The Kier molecular flexibility index (Phi) is 4.93. The third-order valence-electron chi connectivity index (χ3n) is 3.46. The minimum Gasteiger partial charge on any atom is -0.480 e. The van der Waals surface area contributed by atoms with Gasteiger partial charge in [0.2, 0.25) is 0 Å². The van der Waals surface area contributed by atoms with Gasteiger partial charge in [0.05, 0.1) is 12.7 Å². The maximum Gasteiger partial charge on any atom is 0.317 e. The molecule has 6 nitrogen and oxygen atoms in total. The average molecular weight is 266 g/mol. The molecule has 0 atom stereocenters. The van der Waals surface area contributed by atoms with E-state index in [0.717, 1.165) is 45.7 Å². The van der Waals surface area contributed by atoms with Crippen LogP contribution >= 0.6 is 0 Å². The summed E-state index contributed by atoms with van der Waals surface area (Å²) >= 11 is 0. The molecule has 1 fully saturated rings. The standard InChI is InChI=1S/C13H22N4O2/c1-2-17-10-12(8-14-17)9-15-4-3-5-16(7-6-15)11-13(18)19/h8,10H,2-7,9,11H2,1H3,(H,18,19). The van der Waals surface area contributed by atoms with Crippen LogP contribution in [-0.4, -0.2) is 63.4 Å². The number of rotatable bonds is 5. The van der Waals surface area contributed by atoms with E-state index in [2.05, 4.69) is 23.1 Å². The zero-order valence-corrected chi connectivity index (χ0v) is 11.5. The molecular weight excluding hydrogens is 244 g/mol. The Balaban J connectivity index is 1.83. The summed E-state index contributed by atoms with van der Waals surface area (Å²) in [6, 6.07) is 0. The molecule has 6 heteroatoms. The molecule has 0 amide bonds. The molecule has 2 heterocycles. The molecule has 1 aromatic heterocycles. The van der Waals surface area contributed by atoms with Crippen molar-refractivity contribution in [1.82, 2.24) is 19.6 Å². The second-order valence-electron chi connectivity index (χ2n) is 5.00. The van der Waals surface area contributed by atoms with Gasteiger partial charge in [-0.3, -0.25) is 19.3 Å². The normalized spacial score (nSPS) is 18.4. The maximum absolute atomic E-state index is 10.7. The van der Waals surface area contributed by atoms with Crippen molar-refractivity contribution in [1.29, 1.82) is 0 Å². The first-order chi connectivity index (χ1) is 9.17.